The molecule has 2 N–H and O–H groups in total. The van der Waals surface area contributed by atoms with Crippen LogP contribution in [-0.2, 0) is 10.5 Å². The van der Waals surface area contributed by atoms with Gasteiger partial charge in [0.25, 0.3) is 5.91 Å². The number of aliphatic carboxylic acids is 1. The molecule has 23 heavy (non-hydrogen) atoms. The largest absolute Gasteiger partial charge is 0.481 e. The van der Waals surface area contributed by atoms with Gasteiger partial charge < -0.3 is 14.8 Å². The van der Waals surface area contributed by atoms with Crippen LogP contribution in [0.3, 0.4) is 0 Å². The van der Waals surface area contributed by atoms with Crippen LogP contribution in [0.15, 0.2) is 39.4 Å². The lowest BCUT2D eigenvalue weighted by atomic mass is 10.2. The zero-order chi connectivity index (χ0) is 16.8. The number of anilines is 1. The number of amides is 1. The molecule has 5 nitrogen and oxygen atoms in total. The number of halogens is 1. The molecule has 1 amide bonds. The molecule has 0 saturated carbocycles. The van der Waals surface area contributed by atoms with E-state index in [2.05, 4.69) is 21.2 Å². The molecule has 0 spiro atoms. The van der Waals surface area contributed by atoms with E-state index in [0.29, 0.717) is 21.9 Å². The van der Waals surface area contributed by atoms with E-state index in [1.54, 1.807) is 30.8 Å². The van der Waals surface area contributed by atoms with Gasteiger partial charge in [-0.3, -0.25) is 9.59 Å². The number of carboxylic acids is 1. The van der Waals surface area contributed by atoms with Crippen molar-refractivity contribution in [3.05, 3.63) is 51.9 Å². The highest BCUT2D eigenvalue weighted by atomic mass is 79.9. The maximum Gasteiger partial charge on any atom is 0.304 e. The zero-order valence-electron chi connectivity index (χ0n) is 12.5. The van der Waals surface area contributed by atoms with Crippen molar-refractivity contribution in [3.63, 3.8) is 0 Å². The number of carbonyl (C=O) groups excluding carboxylic acids is 1. The summed E-state index contributed by atoms with van der Waals surface area (Å²) in [5.41, 5.74) is 2.46. The normalized spacial score (nSPS) is 10.5. The third-order valence-corrected chi connectivity index (χ3v) is 4.43. The molecule has 1 aromatic heterocycles. The minimum Gasteiger partial charge on any atom is -0.481 e. The molecular weight excluding hydrogens is 382 g/mol. The highest BCUT2D eigenvalue weighted by Crippen LogP contribution is 2.22. The quantitative estimate of drug-likeness (QED) is 0.680. The van der Waals surface area contributed by atoms with Gasteiger partial charge in [0.15, 0.2) is 10.4 Å². The second-order valence-electron chi connectivity index (χ2n) is 4.91. The molecule has 7 heteroatoms. The van der Waals surface area contributed by atoms with Crippen molar-refractivity contribution >= 4 is 45.3 Å². The number of rotatable bonds is 7. The van der Waals surface area contributed by atoms with E-state index in [4.69, 9.17) is 9.52 Å². The summed E-state index contributed by atoms with van der Waals surface area (Å²) < 4.78 is 5.84. The molecule has 0 saturated heterocycles. The number of furan rings is 1. The summed E-state index contributed by atoms with van der Waals surface area (Å²) in [7, 11) is 0. The second kappa shape index (κ2) is 8.21. The molecule has 0 unspecified atom stereocenters. The lowest BCUT2D eigenvalue weighted by molar-refractivity contribution is -0.136. The Morgan fingerprint density at radius 1 is 1.35 bits per heavy atom. The number of thioether (sulfide) groups is 1. The Labute approximate surface area is 146 Å². The van der Waals surface area contributed by atoms with Gasteiger partial charge in [-0.1, -0.05) is 12.1 Å². The minimum absolute atomic E-state index is 0.147. The van der Waals surface area contributed by atoms with Crippen molar-refractivity contribution in [3.8, 4) is 0 Å². The van der Waals surface area contributed by atoms with Crippen molar-refractivity contribution in [2.45, 2.75) is 19.1 Å². The average molecular weight is 398 g/mol. The fourth-order valence-electron chi connectivity index (χ4n) is 1.94. The summed E-state index contributed by atoms with van der Waals surface area (Å²) in [5.74, 6) is 0.439. The SMILES string of the molecule is Cc1cc(Br)oc1C(=O)Nc1cccc(CSCCC(=O)O)c1. The first-order valence-electron chi connectivity index (χ1n) is 6.91. The van der Waals surface area contributed by atoms with Gasteiger partial charge in [-0.25, -0.2) is 0 Å². The maximum atomic E-state index is 12.2. The Hall–Kier alpha value is -1.73. The molecule has 2 aromatic rings. The van der Waals surface area contributed by atoms with Crippen LogP contribution in [0.2, 0.25) is 0 Å². The monoisotopic (exact) mass is 397 g/mol. The Morgan fingerprint density at radius 2 is 2.13 bits per heavy atom. The standard InChI is InChI=1S/C16H16BrNO4S/c1-10-7-13(17)22-15(10)16(21)18-12-4-2-3-11(8-12)9-23-6-5-14(19)20/h2-4,7-8H,5-6,9H2,1H3,(H,18,21)(H,19,20). The number of carbonyl (C=O) groups is 2. The summed E-state index contributed by atoms with van der Waals surface area (Å²) in [5, 5.41) is 11.4. The van der Waals surface area contributed by atoms with Gasteiger partial charge in [0, 0.05) is 22.8 Å². The molecule has 1 heterocycles. The van der Waals surface area contributed by atoms with Crippen LogP contribution in [0.1, 0.15) is 28.1 Å². The lowest BCUT2D eigenvalue weighted by Crippen LogP contribution is -2.12. The van der Waals surface area contributed by atoms with Gasteiger partial charge in [0.2, 0.25) is 0 Å². The predicted octanol–water partition coefficient (Wildman–Crippen LogP) is 4.31. The van der Waals surface area contributed by atoms with E-state index >= 15 is 0 Å². The summed E-state index contributed by atoms with van der Waals surface area (Å²) in [4.78, 5) is 22.7. The number of aryl methyl sites for hydroxylation is 1. The summed E-state index contributed by atoms with van der Waals surface area (Å²) >= 11 is 4.75. The van der Waals surface area contributed by atoms with Crippen molar-refractivity contribution in [2.75, 3.05) is 11.1 Å². The highest BCUT2D eigenvalue weighted by molar-refractivity contribution is 9.10. The molecule has 122 valence electrons. The van der Waals surface area contributed by atoms with Gasteiger partial charge in [-0.2, -0.15) is 11.8 Å². The van der Waals surface area contributed by atoms with E-state index in [1.165, 1.54) is 0 Å². The predicted molar refractivity (Wildman–Crippen MR) is 94.0 cm³/mol. The molecule has 2 rings (SSSR count). The molecule has 0 aliphatic heterocycles. The van der Waals surface area contributed by atoms with Crippen LogP contribution < -0.4 is 5.32 Å². The van der Waals surface area contributed by atoms with E-state index in [9.17, 15) is 9.59 Å². The first-order chi connectivity index (χ1) is 11.0. The molecule has 0 radical (unpaired) electrons. The van der Waals surface area contributed by atoms with Crippen molar-refractivity contribution in [2.24, 2.45) is 0 Å². The summed E-state index contributed by atoms with van der Waals surface area (Å²) in [6.45, 7) is 1.80. The molecule has 0 atom stereocenters. The number of hydrogen-bond acceptors (Lipinski definition) is 4. The van der Waals surface area contributed by atoms with Crippen LogP contribution in [0.25, 0.3) is 0 Å². The van der Waals surface area contributed by atoms with Crippen LogP contribution >= 0.6 is 27.7 Å². The second-order valence-corrected chi connectivity index (χ2v) is 6.80. The summed E-state index contributed by atoms with van der Waals surface area (Å²) in [6.07, 6.45) is 0.147. The molecule has 0 fully saturated rings. The number of nitrogens with one attached hydrogen (secondary N) is 1. The van der Waals surface area contributed by atoms with Crippen LogP contribution in [0.5, 0.6) is 0 Å². The molecule has 0 aliphatic carbocycles. The third-order valence-electron chi connectivity index (χ3n) is 3.01. The zero-order valence-corrected chi connectivity index (χ0v) is 14.9. The number of carboxylic acid groups (broad SMARTS) is 1. The first kappa shape index (κ1) is 17.6. The Bertz CT molecular complexity index is 714. The third kappa shape index (κ3) is 5.44. The van der Waals surface area contributed by atoms with Crippen LogP contribution in [-0.4, -0.2) is 22.7 Å². The van der Waals surface area contributed by atoms with E-state index in [0.717, 1.165) is 11.1 Å². The first-order valence-corrected chi connectivity index (χ1v) is 8.86. The Kier molecular flexibility index (Phi) is 6.29. The Morgan fingerprint density at radius 3 is 2.78 bits per heavy atom. The fraction of sp³-hybridized carbons (Fsp3) is 0.250. The minimum atomic E-state index is -0.793. The maximum absolute atomic E-state index is 12.2. The smallest absolute Gasteiger partial charge is 0.304 e. The van der Waals surface area contributed by atoms with E-state index in [-0.39, 0.29) is 18.1 Å². The van der Waals surface area contributed by atoms with Gasteiger partial charge in [-0.15, -0.1) is 0 Å². The summed E-state index contributed by atoms with van der Waals surface area (Å²) in [6, 6.07) is 9.21. The van der Waals surface area contributed by atoms with Crippen molar-refractivity contribution in [1.29, 1.82) is 0 Å². The van der Waals surface area contributed by atoms with Crippen LogP contribution in [0.4, 0.5) is 5.69 Å². The van der Waals surface area contributed by atoms with Crippen LogP contribution in [0, 0.1) is 6.92 Å². The van der Waals surface area contributed by atoms with E-state index < -0.39 is 5.97 Å². The molecule has 1 aromatic carbocycles. The number of benzene rings is 1. The Balaban J connectivity index is 1.95. The van der Waals surface area contributed by atoms with Gasteiger partial charge in [-0.05, 0) is 46.6 Å². The van der Waals surface area contributed by atoms with Gasteiger partial charge >= 0.3 is 5.97 Å². The average Bonchev–Trinajstić information content (AvgIpc) is 2.83. The number of hydrogen-bond donors (Lipinski definition) is 2. The van der Waals surface area contributed by atoms with E-state index in [1.807, 2.05) is 18.2 Å². The molecular formula is C16H16BrNO4S. The topological polar surface area (TPSA) is 79.5 Å². The van der Waals surface area contributed by atoms with Gasteiger partial charge in [0.1, 0.15) is 0 Å². The molecule has 0 bridgehead atoms. The van der Waals surface area contributed by atoms with Crippen molar-refractivity contribution < 1.29 is 19.1 Å². The molecule has 0 aliphatic rings. The van der Waals surface area contributed by atoms with Gasteiger partial charge in [0.05, 0.1) is 6.42 Å². The highest BCUT2D eigenvalue weighted by Gasteiger charge is 2.15. The fourth-order valence-corrected chi connectivity index (χ4v) is 3.33. The van der Waals surface area contributed by atoms with Crippen molar-refractivity contribution in [1.82, 2.24) is 0 Å². The lowest BCUT2D eigenvalue weighted by Gasteiger charge is -2.07.